The number of halogens is 2. The van der Waals surface area contributed by atoms with E-state index < -0.39 is 0 Å². The highest BCUT2D eigenvalue weighted by molar-refractivity contribution is 9.11. The fourth-order valence-electron chi connectivity index (χ4n) is 2.22. The Balaban J connectivity index is 1.99. The number of hydrogen-bond donors (Lipinski definition) is 2. The maximum absolute atomic E-state index is 12.1. The molecule has 1 amide bonds. The number of nitrogens with one attached hydrogen (secondary N) is 1. The van der Waals surface area contributed by atoms with E-state index in [2.05, 4.69) is 37.2 Å². The lowest BCUT2D eigenvalue weighted by Crippen LogP contribution is -2.40. The van der Waals surface area contributed by atoms with E-state index in [1.165, 1.54) is 0 Å². The Morgan fingerprint density at radius 3 is 2.22 bits per heavy atom. The topological polar surface area (TPSA) is 55.1 Å². The van der Waals surface area contributed by atoms with Crippen LogP contribution in [0.2, 0.25) is 0 Å². The normalized spacial score (nSPS) is 23.7. The standard InChI is InChI=1S/C13H16Br2N2O/c14-9-5-8(6-10(15)7-9)13(18)17-12-3-1-11(16)2-4-12/h5-7,11-12H,1-4,16H2,(H,17,18). The summed E-state index contributed by atoms with van der Waals surface area (Å²) in [6.07, 6.45) is 3.93. The van der Waals surface area contributed by atoms with Crippen molar-refractivity contribution in [1.82, 2.24) is 5.32 Å². The summed E-state index contributed by atoms with van der Waals surface area (Å²) in [6, 6.07) is 6.13. The first-order chi connectivity index (χ1) is 8.54. The number of nitrogens with two attached hydrogens (primary N) is 1. The first-order valence-electron chi connectivity index (χ1n) is 6.07. The van der Waals surface area contributed by atoms with Crippen molar-refractivity contribution in [2.45, 2.75) is 37.8 Å². The molecule has 0 atom stereocenters. The third kappa shape index (κ3) is 3.80. The molecular weight excluding hydrogens is 360 g/mol. The number of amides is 1. The molecule has 0 aliphatic heterocycles. The zero-order chi connectivity index (χ0) is 13.1. The highest BCUT2D eigenvalue weighted by Gasteiger charge is 2.20. The zero-order valence-corrected chi connectivity index (χ0v) is 13.1. The van der Waals surface area contributed by atoms with Gasteiger partial charge in [0.05, 0.1) is 0 Å². The molecule has 1 aromatic carbocycles. The van der Waals surface area contributed by atoms with Crippen LogP contribution in [0, 0.1) is 0 Å². The summed E-state index contributed by atoms with van der Waals surface area (Å²) in [6.45, 7) is 0. The van der Waals surface area contributed by atoms with E-state index in [1.807, 2.05) is 18.2 Å². The molecule has 2 rings (SSSR count). The first kappa shape index (κ1) is 14.0. The molecule has 0 bridgehead atoms. The second-order valence-electron chi connectivity index (χ2n) is 4.74. The van der Waals surface area contributed by atoms with Crippen molar-refractivity contribution < 1.29 is 4.79 Å². The molecule has 0 heterocycles. The van der Waals surface area contributed by atoms with E-state index >= 15 is 0 Å². The van der Waals surface area contributed by atoms with Gasteiger partial charge in [0.1, 0.15) is 0 Å². The summed E-state index contributed by atoms with van der Waals surface area (Å²) in [5, 5.41) is 3.07. The Labute approximate surface area is 124 Å². The van der Waals surface area contributed by atoms with Crippen LogP contribution in [-0.2, 0) is 0 Å². The molecule has 3 N–H and O–H groups in total. The summed E-state index contributed by atoms with van der Waals surface area (Å²) in [7, 11) is 0. The summed E-state index contributed by atoms with van der Waals surface area (Å²) in [5.74, 6) is -0.0162. The molecule has 0 radical (unpaired) electrons. The van der Waals surface area contributed by atoms with Crippen molar-refractivity contribution in [3.05, 3.63) is 32.7 Å². The van der Waals surface area contributed by atoms with E-state index in [0.29, 0.717) is 11.6 Å². The van der Waals surface area contributed by atoms with E-state index in [4.69, 9.17) is 5.73 Å². The van der Waals surface area contributed by atoms with Crippen LogP contribution in [0.1, 0.15) is 36.0 Å². The van der Waals surface area contributed by atoms with Gasteiger partial charge < -0.3 is 11.1 Å². The van der Waals surface area contributed by atoms with Crippen molar-refractivity contribution in [3.8, 4) is 0 Å². The van der Waals surface area contributed by atoms with Crippen molar-refractivity contribution in [3.63, 3.8) is 0 Å². The van der Waals surface area contributed by atoms with E-state index in [9.17, 15) is 4.79 Å². The third-order valence-electron chi connectivity index (χ3n) is 3.23. The number of rotatable bonds is 2. The molecule has 0 unspecified atom stereocenters. The molecule has 1 saturated carbocycles. The average Bonchev–Trinajstić information content (AvgIpc) is 2.31. The van der Waals surface area contributed by atoms with Crippen LogP contribution in [0.5, 0.6) is 0 Å². The van der Waals surface area contributed by atoms with Gasteiger partial charge in [-0.2, -0.15) is 0 Å². The van der Waals surface area contributed by atoms with Gasteiger partial charge in [-0.3, -0.25) is 4.79 Å². The van der Waals surface area contributed by atoms with Gasteiger partial charge in [-0.25, -0.2) is 0 Å². The molecule has 3 nitrogen and oxygen atoms in total. The van der Waals surface area contributed by atoms with Gasteiger partial charge in [-0.05, 0) is 43.9 Å². The monoisotopic (exact) mass is 374 g/mol. The Kier molecular flexibility index (Phi) is 4.81. The van der Waals surface area contributed by atoms with Gasteiger partial charge in [0.2, 0.25) is 0 Å². The third-order valence-corrected chi connectivity index (χ3v) is 4.15. The smallest absolute Gasteiger partial charge is 0.251 e. The Bertz CT molecular complexity index is 422. The largest absolute Gasteiger partial charge is 0.349 e. The van der Waals surface area contributed by atoms with Crippen LogP contribution >= 0.6 is 31.9 Å². The fourth-order valence-corrected chi connectivity index (χ4v) is 3.51. The molecular formula is C13H16Br2N2O. The van der Waals surface area contributed by atoms with E-state index in [1.54, 1.807) is 0 Å². The maximum Gasteiger partial charge on any atom is 0.251 e. The number of benzene rings is 1. The first-order valence-corrected chi connectivity index (χ1v) is 7.66. The summed E-state index contributed by atoms with van der Waals surface area (Å²) < 4.78 is 1.79. The van der Waals surface area contributed by atoms with Crippen molar-refractivity contribution >= 4 is 37.8 Å². The van der Waals surface area contributed by atoms with Gasteiger partial charge in [0.15, 0.2) is 0 Å². The maximum atomic E-state index is 12.1. The number of carbonyl (C=O) groups is 1. The number of carbonyl (C=O) groups excluding carboxylic acids is 1. The van der Waals surface area contributed by atoms with Crippen molar-refractivity contribution in [2.24, 2.45) is 5.73 Å². The second kappa shape index (κ2) is 6.17. The summed E-state index contributed by atoms with van der Waals surface area (Å²) in [4.78, 5) is 12.1. The van der Waals surface area contributed by atoms with Crippen molar-refractivity contribution in [1.29, 1.82) is 0 Å². The van der Waals surface area contributed by atoms with Crippen molar-refractivity contribution in [2.75, 3.05) is 0 Å². The Morgan fingerprint density at radius 1 is 1.11 bits per heavy atom. The SMILES string of the molecule is NC1CCC(NC(=O)c2cc(Br)cc(Br)c2)CC1. The van der Waals surface area contributed by atoms with Gasteiger partial charge in [-0.15, -0.1) is 0 Å². The quantitative estimate of drug-likeness (QED) is 0.833. The van der Waals surface area contributed by atoms with Gasteiger partial charge in [0.25, 0.3) is 5.91 Å². The molecule has 0 aromatic heterocycles. The lowest BCUT2D eigenvalue weighted by atomic mass is 9.91. The van der Waals surface area contributed by atoms with E-state index in [-0.39, 0.29) is 11.9 Å². The summed E-state index contributed by atoms with van der Waals surface area (Å²) >= 11 is 6.78. The van der Waals surface area contributed by atoms with Crippen LogP contribution in [0.25, 0.3) is 0 Å². The number of hydrogen-bond acceptors (Lipinski definition) is 2. The molecule has 0 spiro atoms. The molecule has 98 valence electrons. The average molecular weight is 376 g/mol. The lowest BCUT2D eigenvalue weighted by molar-refractivity contribution is 0.0925. The van der Waals surface area contributed by atoms with E-state index in [0.717, 1.165) is 34.6 Å². The predicted octanol–water partition coefficient (Wildman–Crippen LogP) is 3.21. The molecule has 1 aromatic rings. The minimum Gasteiger partial charge on any atom is -0.349 e. The lowest BCUT2D eigenvalue weighted by Gasteiger charge is -2.26. The van der Waals surface area contributed by atoms with Crippen LogP contribution in [0.4, 0.5) is 0 Å². The molecule has 1 aliphatic rings. The molecule has 1 aliphatic carbocycles. The summed E-state index contributed by atoms with van der Waals surface area (Å²) in [5.41, 5.74) is 6.53. The Hall–Kier alpha value is -0.390. The Morgan fingerprint density at radius 2 is 1.67 bits per heavy atom. The minimum atomic E-state index is -0.0162. The predicted molar refractivity (Wildman–Crippen MR) is 79.5 cm³/mol. The van der Waals surface area contributed by atoms with Crippen LogP contribution in [0.3, 0.4) is 0 Å². The molecule has 18 heavy (non-hydrogen) atoms. The second-order valence-corrected chi connectivity index (χ2v) is 6.57. The van der Waals surface area contributed by atoms with Crippen LogP contribution in [0.15, 0.2) is 27.1 Å². The van der Waals surface area contributed by atoms with Gasteiger partial charge in [0, 0.05) is 26.6 Å². The fraction of sp³-hybridized carbons (Fsp3) is 0.462. The van der Waals surface area contributed by atoms with Crippen LogP contribution in [-0.4, -0.2) is 18.0 Å². The highest BCUT2D eigenvalue weighted by Crippen LogP contribution is 2.21. The van der Waals surface area contributed by atoms with Crippen LogP contribution < -0.4 is 11.1 Å². The highest BCUT2D eigenvalue weighted by atomic mass is 79.9. The zero-order valence-electron chi connectivity index (χ0n) is 9.96. The molecule has 0 saturated heterocycles. The molecule has 1 fully saturated rings. The molecule has 5 heteroatoms. The van der Waals surface area contributed by atoms with Gasteiger partial charge >= 0.3 is 0 Å². The minimum absolute atomic E-state index is 0.0162. The van der Waals surface area contributed by atoms with Gasteiger partial charge in [-0.1, -0.05) is 31.9 Å².